The lowest BCUT2D eigenvalue weighted by atomic mass is 9.98. The molecule has 12 heteroatoms. The molecule has 4 N–H and O–H groups in total. The van der Waals surface area contributed by atoms with Crippen LogP contribution in [0, 0.1) is 5.92 Å². The molecule has 2 atom stereocenters. The minimum absolute atomic E-state index is 0.0213. The summed E-state index contributed by atoms with van der Waals surface area (Å²) >= 11 is 0. The first-order valence-electron chi connectivity index (χ1n) is 12.9. The molecule has 1 aliphatic rings. The van der Waals surface area contributed by atoms with E-state index in [2.05, 4.69) is 15.4 Å². The first-order valence-corrected chi connectivity index (χ1v) is 14.4. The number of amides is 3. The normalized spacial score (nSPS) is 16.2. The summed E-state index contributed by atoms with van der Waals surface area (Å²) in [5.74, 6) is -0.723. The van der Waals surface area contributed by atoms with Gasteiger partial charge in [-0.2, -0.15) is 0 Å². The standard InChI is InChI=1S/C28H32N4O7S/c33-26(29-16-21-9-6-14-32(18-21)28(35)36)25(31-27(34)39-19-20-7-2-1-3-8-20)17-30-40(37,38)24-13-12-22-10-4-5-11-23(22)15-24/h1-5,7-8,10-13,15,21,25,30H,6,9,14,16-19H2,(H,29,33)(H,31,34)(H,35,36)/t21-,25-/m0/s1. The molecule has 3 aromatic rings. The Morgan fingerprint density at radius 2 is 1.73 bits per heavy atom. The summed E-state index contributed by atoms with van der Waals surface area (Å²) in [4.78, 5) is 38.3. The quantitative estimate of drug-likeness (QED) is 0.293. The van der Waals surface area contributed by atoms with Crippen LogP contribution in [0.5, 0.6) is 0 Å². The number of hydrogen-bond donors (Lipinski definition) is 4. The highest BCUT2D eigenvalue weighted by Gasteiger charge is 2.27. The molecule has 40 heavy (non-hydrogen) atoms. The Hall–Kier alpha value is -4.16. The monoisotopic (exact) mass is 568 g/mol. The zero-order chi connectivity index (χ0) is 28.5. The Labute approximate surface area is 232 Å². The van der Waals surface area contributed by atoms with E-state index in [1.54, 1.807) is 42.5 Å². The summed E-state index contributed by atoms with van der Waals surface area (Å²) in [6, 6.07) is 19.7. The van der Waals surface area contributed by atoms with E-state index >= 15 is 0 Å². The Kier molecular flexibility index (Phi) is 9.56. The summed E-state index contributed by atoms with van der Waals surface area (Å²) in [5.41, 5.74) is 0.746. The third-order valence-corrected chi connectivity index (χ3v) is 8.11. The highest BCUT2D eigenvalue weighted by molar-refractivity contribution is 7.89. The Balaban J connectivity index is 1.41. The molecule has 11 nitrogen and oxygen atoms in total. The molecule has 3 aromatic carbocycles. The number of carboxylic acid groups (broad SMARTS) is 1. The van der Waals surface area contributed by atoms with Crippen LogP contribution < -0.4 is 15.4 Å². The second-order valence-corrected chi connectivity index (χ2v) is 11.4. The van der Waals surface area contributed by atoms with E-state index in [0.717, 1.165) is 22.8 Å². The maximum absolute atomic E-state index is 13.1. The Morgan fingerprint density at radius 3 is 2.48 bits per heavy atom. The zero-order valence-electron chi connectivity index (χ0n) is 21.8. The van der Waals surface area contributed by atoms with E-state index < -0.39 is 40.7 Å². The smallest absolute Gasteiger partial charge is 0.408 e. The number of sulfonamides is 1. The van der Waals surface area contributed by atoms with Gasteiger partial charge >= 0.3 is 12.2 Å². The van der Waals surface area contributed by atoms with Crippen molar-refractivity contribution in [3.63, 3.8) is 0 Å². The topological polar surface area (TPSA) is 154 Å². The van der Waals surface area contributed by atoms with Crippen LogP contribution >= 0.6 is 0 Å². The number of likely N-dealkylation sites (tertiary alicyclic amines) is 1. The second-order valence-electron chi connectivity index (χ2n) is 9.60. The maximum Gasteiger partial charge on any atom is 0.408 e. The average Bonchev–Trinajstić information content (AvgIpc) is 2.97. The lowest BCUT2D eigenvalue weighted by molar-refractivity contribution is -0.123. The Morgan fingerprint density at radius 1 is 1.00 bits per heavy atom. The molecule has 0 bridgehead atoms. The zero-order valence-corrected chi connectivity index (χ0v) is 22.6. The molecule has 0 aliphatic carbocycles. The predicted octanol–water partition coefficient (Wildman–Crippen LogP) is 2.92. The second kappa shape index (κ2) is 13.3. The van der Waals surface area contributed by atoms with Gasteiger partial charge in [0, 0.05) is 26.2 Å². The molecular formula is C28H32N4O7S. The summed E-state index contributed by atoms with van der Waals surface area (Å²) in [5, 5.41) is 16.1. The van der Waals surface area contributed by atoms with Crippen LogP contribution in [-0.2, 0) is 26.2 Å². The van der Waals surface area contributed by atoms with E-state index in [4.69, 9.17) is 4.74 Å². The van der Waals surface area contributed by atoms with Crippen molar-refractivity contribution in [1.82, 2.24) is 20.3 Å². The SMILES string of the molecule is O=C(N[C@@H](CNS(=O)(=O)c1ccc2ccccc2c1)C(=O)NC[C@@H]1CCCN(C(=O)O)C1)OCc1ccccc1. The molecule has 1 saturated heterocycles. The van der Waals surface area contributed by atoms with Gasteiger partial charge in [0.15, 0.2) is 0 Å². The summed E-state index contributed by atoms with van der Waals surface area (Å²) in [6.45, 7) is 0.441. The van der Waals surface area contributed by atoms with Gasteiger partial charge in [0.2, 0.25) is 15.9 Å². The number of fused-ring (bicyclic) bond motifs is 1. The molecule has 0 radical (unpaired) electrons. The number of benzene rings is 3. The molecule has 1 heterocycles. The summed E-state index contributed by atoms with van der Waals surface area (Å²) in [7, 11) is -4.02. The molecule has 1 aliphatic heterocycles. The molecule has 1 fully saturated rings. The predicted molar refractivity (Wildman–Crippen MR) is 148 cm³/mol. The number of rotatable bonds is 10. The largest absolute Gasteiger partial charge is 0.465 e. The van der Waals surface area contributed by atoms with Crippen molar-refractivity contribution in [2.75, 3.05) is 26.2 Å². The Bertz CT molecular complexity index is 1450. The highest BCUT2D eigenvalue weighted by Crippen LogP contribution is 2.19. The van der Waals surface area contributed by atoms with Gasteiger partial charge in [0.25, 0.3) is 0 Å². The van der Waals surface area contributed by atoms with Crippen LogP contribution in [0.4, 0.5) is 9.59 Å². The lowest BCUT2D eigenvalue weighted by Gasteiger charge is -2.31. The van der Waals surface area contributed by atoms with Gasteiger partial charge in [-0.3, -0.25) is 4.79 Å². The molecule has 0 spiro atoms. The number of piperidine rings is 1. The number of carbonyl (C=O) groups is 3. The third kappa shape index (κ3) is 7.93. The molecule has 4 rings (SSSR count). The van der Waals surface area contributed by atoms with Gasteiger partial charge in [-0.05, 0) is 47.2 Å². The molecule has 0 saturated carbocycles. The maximum atomic E-state index is 13.1. The van der Waals surface area contributed by atoms with Crippen LogP contribution in [0.15, 0.2) is 77.7 Å². The van der Waals surface area contributed by atoms with Crippen LogP contribution in [0.25, 0.3) is 10.8 Å². The molecular weight excluding hydrogens is 536 g/mol. The van der Waals surface area contributed by atoms with Crippen molar-refractivity contribution in [3.8, 4) is 0 Å². The lowest BCUT2D eigenvalue weighted by Crippen LogP contribution is -2.54. The third-order valence-electron chi connectivity index (χ3n) is 6.68. The van der Waals surface area contributed by atoms with Crippen molar-refractivity contribution in [2.24, 2.45) is 5.92 Å². The van der Waals surface area contributed by atoms with Crippen LogP contribution in [0.2, 0.25) is 0 Å². The van der Waals surface area contributed by atoms with Crippen LogP contribution in [0.3, 0.4) is 0 Å². The number of ether oxygens (including phenoxy) is 1. The first kappa shape index (κ1) is 28.8. The van der Waals surface area contributed by atoms with Crippen molar-refractivity contribution in [1.29, 1.82) is 0 Å². The number of nitrogens with one attached hydrogen (secondary N) is 3. The average molecular weight is 569 g/mol. The van der Waals surface area contributed by atoms with E-state index in [1.165, 1.54) is 17.0 Å². The minimum Gasteiger partial charge on any atom is -0.465 e. The van der Waals surface area contributed by atoms with Gasteiger partial charge < -0.3 is 25.4 Å². The van der Waals surface area contributed by atoms with Gasteiger partial charge in [0.1, 0.15) is 12.6 Å². The number of nitrogens with zero attached hydrogens (tertiary/aromatic N) is 1. The summed E-state index contributed by atoms with van der Waals surface area (Å²) < 4.78 is 33.8. The summed E-state index contributed by atoms with van der Waals surface area (Å²) in [6.07, 6.45) is -0.495. The van der Waals surface area contributed by atoms with Crippen molar-refractivity contribution >= 4 is 38.9 Å². The molecule has 0 aromatic heterocycles. The van der Waals surface area contributed by atoms with E-state index in [0.29, 0.717) is 13.0 Å². The molecule has 0 unspecified atom stereocenters. The van der Waals surface area contributed by atoms with E-state index in [-0.39, 0.29) is 30.5 Å². The van der Waals surface area contributed by atoms with Crippen molar-refractivity contribution < 1.29 is 32.6 Å². The fraction of sp³-hybridized carbons (Fsp3) is 0.321. The van der Waals surface area contributed by atoms with Crippen LogP contribution in [-0.4, -0.2) is 68.7 Å². The van der Waals surface area contributed by atoms with E-state index in [1.807, 2.05) is 18.2 Å². The molecule has 212 valence electrons. The number of alkyl carbamates (subject to hydrolysis) is 1. The van der Waals surface area contributed by atoms with Gasteiger partial charge in [-0.1, -0.05) is 60.7 Å². The van der Waals surface area contributed by atoms with Crippen molar-refractivity contribution in [3.05, 3.63) is 78.4 Å². The number of carbonyl (C=O) groups excluding carboxylic acids is 2. The van der Waals surface area contributed by atoms with E-state index in [9.17, 15) is 27.9 Å². The van der Waals surface area contributed by atoms with Crippen molar-refractivity contribution in [2.45, 2.75) is 30.4 Å². The minimum atomic E-state index is -4.02. The number of hydrogen-bond acceptors (Lipinski definition) is 6. The van der Waals surface area contributed by atoms with Gasteiger partial charge in [-0.15, -0.1) is 0 Å². The highest BCUT2D eigenvalue weighted by atomic mass is 32.2. The van der Waals surface area contributed by atoms with Crippen LogP contribution in [0.1, 0.15) is 18.4 Å². The molecule has 3 amide bonds. The fourth-order valence-electron chi connectivity index (χ4n) is 4.50. The first-order chi connectivity index (χ1) is 19.2. The van der Waals surface area contributed by atoms with Gasteiger partial charge in [-0.25, -0.2) is 22.7 Å². The fourth-order valence-corrected chi connectivity index (χ4v) is 5.58. The van der Waals surface area contributed by atoms with Gasteiger partial charge in [0.05, 0.1) is 4.90 Å².